The lowest BCUT2D eigenvalue weighted by atomic mass is 9.96. The number of esters is 1. The summed E-state index contributed by atoms with van der Waals surface area (Å²) in [5.41, 5.74) is -0.155. The molecule has 0 unspecified atom stereocenters. The van der Waals surface area contributed by atoms with E-state index in [9.17, 15) is 19.2 Å². The van der Waals surface area contributed by atoms with Crippen molar-refractivity contribution in [3.8, 4) is 5.75 Å². The summed E-state index contributed by atoms with van der Waals surface area (Å²) in [4.78, 5) is 50.2. The van der Waals surface area contributed by atoms with Gasteiger partial charge in [-0.2, -0.15) is 0 Å². The van der Waals surface area contributed by atoms with Gasteiger partial charge in [0.2, 0.25) is 5.91 Å². The van der Waals surface area contributed by atoms with Gasteiger partial charge in [0.05, 0.1) is 11.4 Å². The van der Waals surface area contributed by atoms with Gasteiger partial charge in [-0.3, -0.25) is 24.1 Å². The third kappa shape index (κ3) is 5.19. The number of nitrogens with zero attached hydrogens (tertiary/aromatic N) is 1. The van der Waals surface area contributed by atoms with Crippen LogP contribution in [-0.4, -0.2) is 49.0 Å². The second-order valence-corrected chi connectivity index (χ2v) is 7.30. The van der Waals surface area contributed by atoms with Crippen molar-refractivity contribution in [2.24, 2.45) is 0 Å². The number of carbonyl (C=O) groups is 4. The molecule has 1 aliphatic rings. The first kappa shape index (κ1) is 21.8. The Morgan fingerprint density at radius 2 is 1.68 bits per heavy atom. The number of amides is 3. The molecule has 1 heterocycles. The van der Waals surface area contributed by atoms with Crippen LogP contribution in [0.2, 0.25) is 0 Å². The Morgan fingerprint density at radius 3 is 2.42 bits per heavy atom. The molecule has 2 aromatic carbocycles. The Morgan fingerprint density at radius 1 is 1.00 bits per heavy atom. The summed E-state index contributed by atoms with van der Waals surface area (Å²) in [7, 11) is 0. The molecule has 3 rings (SSSR count). The summed E-state index contributed by atoms with van der Waals surface area (Å²) >= 11 is 0. The molecule has 0 bridgehead atoms. The second-order valence-electron chi connectivity index (χ2n) is 7.30. The van der Waals surface area contributed by atoms with Crippen LogP contribution in [0.3, 0.4) is 0 Å². The number of benzene rings is 2. The van der Waals surface area contributed by atoms with Crippen molar-refractivity contribution in [3.05, 3.63) is 54.6 Å². The van der Waals surface area contributed by atoms with Gasteiger partial charge >= 0.3 is 5.97 Å². The molecule has 1 aliphatic heterocycles. The molecule has 9 nitrogen and oxygen atoms in total. The zero-order valence-corrected chi connectivity index (χ0v) is 17.2. The van der Waals surface area contributed by atoms with Crippen LogP contribution >= 0.6 is 0 Å². The summed E-state index contributed by atoms with van der Waals surface area (Å²) in [6.45, 7) is 1.96. The maximum atomic E-state index is 12.8. The van der Waals surface area contributed by atoms with Gasteiger partial charge in [0, 0.05) is 0 Å². The minimum Gasteiger partial charge on any atom is -0.484 e. The lowest BCUT2D eigenvalue weighted by Crippen LogP contribution is -2.59. The van der Waals surface area contributed by atoms with Gasteiger partial charge in [-0.15, -0.1) is 0 Å². The summed E-state index contributed by atoms with van der Waals surface area (Å²) in [5.74, 6) is -1.67. The first-order chi connectivity index (χ1) is 14.8. The van der Waals surface area contributed by atoms with Gasteiger partial charge in [-0.05, 0) is 38.1 Å². The number of hydrogen-bond donors (Lipinski definition) is 2. The predicted molar refractivity (Wildman–Crippen MR) is 113 cm³/mol. The van der Waals surface area contributed by atoms with Gasteiger partial charge in [0.15, 0.2) is 13.2 Å². The molecular formula is C22H23N3O6. The minimum atomic E-state index is -1.17. The van der Waals surface area contributed by atoms with Gasteiger partial charge in [0.1, 0.15) is 17.8 Å². The number of rotatable bonds is 7. The molecule has 2 N–H and O–H groups in total. The zero-order valence-electron chi connectivity index (χ0n) is 17.2. The molecule has 0 aromatic heterocycles. The van der Waals surface area contributed by atoms with Gasteiger partial charge in [-0.1, -0.05) is 30.3 Å². The van der Waals surface area contributed by atoms with Crippen LogP contribution < -0.4 is 20.3 Å². The minimum absolute atomic E-state index is 0.260. The van der Waals surface area contributed by atoms with Crippen molar-refractivity contribution in [3.63, 3.8) is 0 Å². The van der Waals surface area contributed by atoms with Gasteiger partial charge in [0.25, 0.3) is 11.8 Å². The molecule has 162 valence electrons. The summed E-state index contributed by atoms with van der Waals surface area (Å²) in [5, 5.41) is 5.12. The summed E-state index contributed by atoms with van der Waals surface area (Å²) < 4.78 is 10.3. The highest BCUT2D eigenvalue weighted by molar-refractivity contribution is 6.14. The maximum absolute atomic E-state index is 12.8. The van der Waals surface area contributed by atoms with Crippen LogP contribution in [0, 0.1) is 0 Å². The molecule has 0 aliphatic carbocycles. The van der Waals surface area contributed by atoms with E-state index in [0.717, 1.165) is 0 Å². The van der Waals surface area contributed by atoms with Crippen molar-refractivity contribution in [2.45, 2.75) is 19.4 Å². The molecule has 0 fully saturated rings. The largest absolute Gasteiger partial charge is 0.484 e. The highest BCUT2D eigenvalue weighted by Crippen LogP contribution is 2.36. The van der Waals surface area contributed by atoms with E-state index in [1.165, 1.54) is 4.90 Å². The van der Waals surface area contributed by atoms with Crippen molar-refractivity contribution in [1.82, 2.24) is 5.32 Å². The van der Waals surface area contributed by atoms with Crippen molar-refractivity contribution >= 4 is 35.1 Å². The molecule has 31 heavy (non-hydrogen) atoms. The Kier molecular flexibility index (Phi) is 6.54. The predicted octanol–water partition coefficient (Wildman–Crippen LogP) is 1.49. The lowest BCUT2D eigenvalue weighted by Gasteiger charge is -2.41. The number of carbonyl (C=O) groups excluding carboxylic acids is 4. The SMILES string of the molecule is CC1(C)C(=O)Nc2ccccc2N1C(=O)COC(=O)CNC(=O)COc1ccccc1. The fourth-order valence-corrected chi connectivity index (χ4v) is 3.04. The first-order valence-corrected chi connectivity index (χ1v) is 9.63. The van der Waals surface area contributed by atoms with Crippen LogP contribution in [-0.2, 0) is 23.9 Å². The standard InChI is InChI=1S/C22H23N3O6/c1-22(2)21(29)24-16-10-6-7-11-17(16)25(22)19(27)14-31-20(28)12-23-18(26)13-30-15-8-4-3-5-9-15/h3-11H,12-14H2,1-2H3,(H,23,26)(H,24,29). The highest BCUT2D eigenvalue weighted by atomic mass is 16.5. The number of para-hydroxylation sites is 3. The molecule has 0 saturated heterocycles. The fraction of sp³-hybridized carbons (Fsp3) is 0.273. The van der Waals surface area contributed by atoms with Crippen LogP contribution in [0.25, 0.3) is 0 Å². The number of nitrogens with one attached hydrogen (secondary N) is 2. The van der Waals surface area contributed by atoms with Crippen LogP contribution in [0.5, 0.6) is 5.75 Å². The van der Waals surface area contributed by atoms with Gasteiger partial charge in [-0.25, -0.2) is 0 Å². The van der Waals surface area contributed by atoms with Crippen molar-refractivity contribution in [2.75, 3.05) is 30.0 Å². The third-order valence-corrected chi connectivity index (χ3v) is 4.66. The number of anilines is 2. The van der Waals surface area contributed by atoms with Crippen molar-refractivity contribution < 1.29 is 28.7 Å². The highest BCUT2D eigenvalue weighted by Gasteiger charge is 2.43. The van der Waals surface area contributed by atoms with Gasteiger partial charge < -0.3 is 20.1 Å². The number of hydrogen-bond acceptors (Lipinski definition) is 6. The van der Waals surface area contributed by atoms with E-state index in [4.69, 9.17) is 9.47 Å². The van der Waals surface area contributed by atoms with E-state index in [-0.39, 0.29) is 12.5 Å². The normalized spacial score (nSPS) is 14.1. The molecule has 0 atom stereocenters. The van der Waals surface area contributed by atoms with E-state index in [1.807, 2.05) is 6.07 Å². The Labute approximate surface area is 179 Å². The Balaban J connectivity index is 1.50. The molecule has 2 aromatic rings. The molecule has 0 spiro atoms. The summed E-state index contributed by atoms with van der Waals surface area (Å²) in [6.07, 6.45) is 0. The molecular weight excluding hydrogens is 402 g/mol. The molecule has 0 radical (unpaired) electrons. The van der Waals surface area contributed by atoms with Crippen LogP contribution in [0.1, 0.15) is 13.8 Å². The van der Waals surface area contributed by atoms with E-state index in [2.05, 4.69) is 10.6 Å². The van der Waals surface area contributed by atoms with E-state index in [0.29, 0.717) is 17.1 Å². The smallest absolute Gasteiger partial charge is 0.325 e. The average Bonchev–Trinajstić information content (AvgIpc) is 2.76. The average molecular weight is 425 g/mol. The molecule has 3 amide bonds. The van der Waals surface area contributed by atoms with E-state index in [1.54, 1.807) is 62.4 Å². The first-order valence-electron chi connectivity index (χ1n) is 9.63. The molecule has 9 heteroatoms. The maximum Gasteiger partial charge on any atom is 0.325 e. The monoisotopic (exact) mass is 425 g/mol. The van der Waals surface area contributed by atoms with E-state index >= 15 is 0 Å². The van der Waals surface area contributed by atoms with Crippen LogP contribution in [0.15, 0.2) is 54.6 Å². The number of ether oxygens (including phenoxy) is 2. The number of fused-ring (bicyclic) bond motifs is 1. The van der Waals surface area contributed by atoms with Crippen LogP contribution in [0.4, 0.5) is 11.4 Å². The topological polar surface area (TPSA) is 114 Å². The van der Waals surface area contributed by atoms with Crippen molar-refractivity contribution in [1.29, 1.82) is 0 Å². The summed E-state index contributed by atoms with van der Waals surface area (Å²) in [6, 6.07) is 15.6. The fourth-order valence-electron chi connectivity index (χ4n) is 3.04. The third-order valence-electron chi connectivity index (χ3n) is 4.66. The Hall–Kier alpha value is -3.88. The Bertz CT molecular complexity index is 990. The second kappa shape index (κ2) is 9.29. The quantitative estimate of drug-likeness (QED) is 0.650. The molecule has 0 saturated carbocycles. The zero-order chi connectivity index (χ0) is 22.4. The van der Waals surface area contributed by atoms with E-state index < -0.39 is 36.5 Å². The lowest BCUT2D eigenvalue weighted by molar-refractivity contribution is -0.148.